The third kappa shape index (κ3) is 1.58. The molecule has 0 fully saturated rings. The molecule has 0 aliphatic carbocycles. The molecule has 0 atom stereocenters. The monoisotopic (exact) mass is 244 g/mol. The second-order valence-electron chi connectivity index (χ2n) is 1.04. The molecule has 1 aromatic heterocycles. The average Bonchev–Trinajstić information content (AvgIpc) is 1.87. The Labute approximate surface area is 64.6 Å². The van der Waals surface area contributed by atoms with Crippen LogP contribution in [0.1, 0.15) is 0 Å². The van der Waals surface area contributed by atoms with E-state index in [0.717, 1.165) is 4.34 Å². The van der Waals surface area contributed by atoms with Gasteiger partial charge in [-0.2, -0.15) is 0 Å². The van der Waals surface area contributed by atoms with Crippen LogP contribution in [-0.2, 0) is 0 Å². The van der Waals surface area contributed by atoms with Gasteiger partial charge in [0.1, 0.15) is 0 Å². The Morgan fingerprint density at radius 3 is 2.43 bits per heavy atom. The van der Waals surface area contributed by atoms with Crippen molar-refractivity contribution in [3.05, 3.63) is 19.4 Å². The van der Waals surface area contributed by atoms with Gasteiger partial charge in [0.25, 0.3) is 0 Å². The van der Waals surface area contributed by atoms with E-state index in [0.29, 0.717) is 0 Å². The summed E-state index contributed by atoms with van der Waals surface area (Å²) >= 11 is 9.40. The maximum absolute atomic E-state index is 5.57. The number of thiophene rings is 1. The maximum atomic E-state index is 5.57. The van der Waals surface area contributed by atoms with E-state index in [1.165, 1.54) is 2.88 Å². The topological polar surface area (TPSA) is 0 Å². The lowest BCUT2D eigenvalue weighted by Crippen LogP contribution is -1.38. The minimum atomic E-state index is 0.865. The Morgan fingerprint density at radius 2 is 2.29 bits per heavy atom. The minimum Gasteiger partial charge on any atom is -0.117 e. The second kappa shape index (κ2) is 2.33. The van der Waals surface area contributed by atoms with Crippen molar-refractivity contribution in [1.82, 2.24) is 0 Å². The molecule has 38 valence electrons. The fraction of sp³-hybridized carbons (Fsp3) is 0. The van der Waals surface area contributed by atoms with Gasteiger partial charge in [0.05, 0.1) is 7.22 Å². The highest BCUT2D eigenvalue weighted by Crippen LogP contribution is 2.22. The molecule has 3 heteroatoms. The Morgan fingerprint density at radius 1 is 1.57 bits per heavy atom. The lowest BCUT2D eigenvalue weighted by molar-refractivity contribution is 1.96. The second-order valence-corrected chi connectivity index (χ2v) is 4.65. The first kappa shape index (κ1) is 5.85. The molecule has 0 saturated heterocycles. The van der Waals surface area contributed by atoms with Gasteiger partial charge < -0.3 is 0 Å². The largest absolute Gasteiger partial charge is 0.117 e. The highest BCUT2D eigenvalue weighted by Gasteiger charge is 1.88. The van der Waals surface area contributed by atoms with Crippen molar-refractivity contribution in [1.29, 1.82) is 0 Å². The van der Waals surface area contributed by atoms with Gasteiger partial charge in [-0.15, -0.1) is 11.3 Å². The van der Waals surface area contributed by atoms with E-state index in [-0.39, 0.29) is 0 Å². The SMILES string of the molecule is Clc1ccc(I)s1. The van der Waals surface area contributed by atoms with Crippen LogP contribution in [0, 0.1) is 2.88 Å². The molecule has 0 amide bonds. The molecule has 0 radical (unpaired) electrons. The molecule has 0 spiro atoms. The van der Waals surface area contributed by atoms with E-state index in [1.807, 2.05) is 12.1 Å². The van der Waals surface area contributed by atoms with E-state index in [9.17, 15) is 0 Å². The van der Waals surface area contributed by atoms with Gasteiger partial charge in [-0.3, -0.25) is 0 Å². The first-order valence-corrected chi connectivity index (χ1v) is 3.97. The fourth-order valence-corrected chi connectivity index (χ4v) is 2.35. The van der Waals surface area contributed by atoms with Crippen LogP contribution in [0.4, 0.5) is 0 Å². The third-order valence-electron chi connectivity index (χ3n) is 0.540. The number of halogens is 2. The molecular formula is C4H2ClIS. The zero-order valence-electron chi connectivity index (χ0n) is 3.32. The summed E-state index contributed by atoms with van der Waals surface area (Å²) in [7, 11) is 0. The summed E-state index contributed by atoms with van der Waals surface area (Å²) in [5.74, 6) is 0. The molecule has 7 heavy (non-hydrogen) atoms. The summed E-state index contributed by atoms with van der Waals surface area (Å²) in [5.41, 5.74) is 0. The quantitative estimate of drug-likeness (QED) is 0.616. The normalized spacial score (nSPS) is 9.43. The molecule has 0 nitrogen and oxygen atoms in total. The van der Waals surface area contributed by atoms with Crippen LogP contribution < -0.4 is 0 Å². The van der Waals surface area contributed by atoms with Crippen molar-refractivity contribution in [2.45, 2.75) is 0 Å². The summed E-state index contributed by atoms with van der Waals surface area (Å²) in [6, 6.07) is 3.89. The van der Waals surface area contributed by atoms with Crippen LogP contribution in [0.15, 0.2) is 12.1 Å². The molecule has 0 N–H and O–H groups in total. The van der Waals surface area contributed by atoms with Gasteiger partial charge in [-0.05, 0) is 34.7 Å². The number of hydrogen-bond acceptors (Lipinski definition) is 1. The summed E-state index contributed by atoms with van der Waals surface area (Å²) in [4.78, 5) is 0. The summed E-state index contributed by atoms with van der Waals surface area (Å²) < 4.78 is 2.10. The van der Waals surface area contributed by atoms with Crippen LogP contribution in [0.25, 0.3) is 0 Å². The Kier molecular flexibility index (Phi) is 1.94. The molecule has 0 unspecified atom stereocenters. The molecule has 1 aromatic rings. The maximum Gasteiger partial charge on any atom is 0.0939 e. The van der Waals surface area contributed by atoms with Crippen LogP contribution in [0.3, 0.4) is 0 Å². The zero-order valence-corrected chi connectivity index (χ0v) is 7.05. The van der Waals surface area contributed by atoms with Crippen molar-refractivity contribution < 1.29 is 0 Å². The summed E-state index contributed by atoms with van der Waals surface area (Å²) in [6.07, 6.45) is 0. The van der Waals surface area contributed by atoms with Crippen molar-refractivity contribution >= 4 is 45.5 Å². The van der Waals surface area contributed by atoms with Gasteiger partial charge in [-0.1, -0.05) is 11.6 Å². The van der Waals surface area contributed by atoms with E-state index in [2.05, 4.69) is 22.6 Å². The third-order valence-corrected chi connectivity index (χ3v) is 2.58. The predicted molar refractivity (Wildman–Crippen MR) is 42.0 cm³/mol. The first-order valence-electron chi connectivity index (χ1n) is 1.70. The van der Waals surface area contributed by atoms with Gasteiger partial charge in [0, 0.05) is 0 Å². The van der Waals surface area contributed by atoms with E-state index < -0.39 is 0 Å². The lowest BCUT2D eigenvalue weighted by Gasteiger charge is -1.67. The minimum absolute atomic E-state index is 0.865. The summed E-state index contributed by atoms with van der Waals surface area (Å²) in [5, 5.41) is 0. The molecule has 0 aliphatic heterocycles. The number of hydrogen-bond donors (Lipinski definition) is 0. The average molecular weight is 244 g/mol. The summed E-state index contributed by atoms with van der Waals surface area (Å²) in [6.45, 7) is 0. The van der Waals surface area contributed by atoms with E-state index in [1.54, 1.807) is 11.3 Å². The van der Waals surface area contributed by atoms with Crippen LogP contribution in [0.2, 0.25) is 4.34 Å². The molecular weight excluding hydrogens is 242 g/mol. The van der Waals surface area contributed by atoms with Crippen molar-refractivity contribution in [3.63, 3.8) is 0 Å². The first-order chi connectivity index (χ1) is 3.29. The molecule has 0 saturated carbocycles. The van der Waals surface area contributed by atoms with Crippen LogP contribution >= 0.6 is 45.5 Å². The smallest absolute Gasteiger partial charge is 0.0939 e. The number of rotatable bonds is 0. The molecule has 0 aromatic carbocycles. The van der Waals surface area contributed by atoms with E-state index >= 15 is 0 Å². The fourth-order valence-electron chi connectivity index (χ4n) is 0.292. The molecule has 0 bridgehead atoms. The standard InChI is InChI=1S/C4H2ClIS/c5-3-1-2-4(6)7-3/h1-2H. The van der Waals surface area contributed by atoms with Gasteiger partial charge in [0.15, 0.2) is 0 Å². The zero-order chi connectivity index (χ0) is 5.28. The van der Waals surface area contributed by atoms with Gasteiger partial charge >= 0.3 is 0 Å². The van der Waals surface area contributed by atoms with Gasteiger partial charge in [-0.25, -0.2) is 0 Å². The van der Waals surface area contributed by atoms with Crippen LogP contribution in [0.5, 0.6) is 0 Å². The van der Waals surface area contributed by atoms with Crippen molar-refractivity contribution in [2.24, 2.45) is 0 Å². The Hall–Kier alpha value is 0.720. The Balaban J connectivity index is 3.04. The van der Waals surface area contributed by atoms with Crippen molar-refractivity contribution in [2.75, 3.05) is 0 Å². The van der Waals surface area contributed by atoms with Crippen molar-refractivity contribution in [3.8, 4) is 0 Å². The van der Waals surface area contributed by atoms with Crippen LogP contribution in [-0.4, -0.2) is 0 Å². The van der Waals surface area contributed by atoms with Gasteiger partial charge in [0.2, 0.25) is 0 Å². The predicted octanol–water partition coefficient (Wildman–Crippen LogP) is 3.01. The Bertz CT molecular complexity index is 144. The van der Waals surface area contributed by atoms with E-state index in [4.69, 9.17) is 11.6 Å². The molecule has 1 heterocycles. The highest BCUT2D eigenvalue weighted by molar-refractivity contribution is 14.1. The lowest BCUT2D eigenvalue weighted by atomic mass is 10.7. The highest BCUT2D eigenvalue weighted by atomic mass is 127. The molecule has 1 rings (SSSR count). The molecule has 0 aliphatic rings.